The summed E-state index contributed by atoms with van der Waals surface area (Å²) in [5, 5.41) is 10.0. The number of hydrogen-bond acceptors (Lipinski definition) is 3. The number of nitrogens with zero attached hydrogens (tertiary/aromatic N) is 2. The van der Waals surface area contributed by atoms with Crippen LogP contribution in [0.2, 0.25) is 0 Å². The maximum absolute atomic E-state index is 13.3. The van der Waals surface area contributed by atoms with Crippen molar-refractivity contribution in [2.24, 2.45) is 0 Å². The van der Waals surface area contributed by atoms with E-state index in [-0.39, 0.29) is 18.2 Å². The van der Waals surface area contributed by atoms with Gasteiger partial charge in [0.1, 0.15) is 11.6 Å². The zero-order valence-electron chi connectivity index (χ0n) is 12.8. The van der Waals surface area contributed by atoms with Crippen molar-refractivity contribution in [1.82, 2.24) is 9.55 Å². The van der Waals surface area contributed by atoms with E-state index in [9.17, 15) is 13.9 Å². The van der Waals surface area contributed by atoms with Gasteiger partial charge in [0.15, 0.2) is 5.16 Å². The molecule has 0 bridgehead atoms. The van der Waals surface area contributed by atoms with Crippen LogP contribution in [0, 0.1) is 11.6 Å². The number of hydrogen-bond donors (Lipinski definition) is 1. The van der Waals surface area contributed by atoms with Crippen LogP contribution in [0.25, 0.3) is 0 Å². The third kappa shape index (κ3) is 4.21. The molecule has 0 fully saturated rings. The molecule has 124 valence electrons. The van der Waals surface area contributed by atoms with Crippen LogP contribution < -0.4 is 0 Å². The predicted octanol–water partition coefficient (Wildman–Crippen LogP) is 3.99. The largest absolute Gasteiger partial charge is 0.390 e. The highest BCUT2D eigenvalue weighted by Crippen LogP contribution is 2.24. The summed E-state index contributed by atoms with van der Waals surface area (Å²) in [4.78, 5) is 4.39. The first-order valence-electron chi connectivity index (χ1n) is 7.42. The Morgan fingerprint density at radius 2 is 1.79 bits per heavy atom. The van der Waals surface area contributed by atoms with Crippen LogP contribution >= 0.6 is 11.8 Å². The van der Waals surface area contributed by atoms with Gasteiger partial charge >= 0.3 is 0 Å². The Morgan fingerprint density at radius 1 is 1.00 bits per heavy atom. The van der Waals surface area contributed by atoms with E-state index in [0.29, 0.717) is 18.0 Å². The van der Waals surface area contributed by atoms with Gasteiger partial charge in [0.25, 0.3) is 0 Å². The minimum Gasteiger partial charge on any atom is -0.390 e. The highest BCUT2D eigenvalue weighted by Gasteiger charge is 2.10. The lowest BCUT2D eigenvalue weighted by Crippen LogP contribution is -2.00. The molecule has 0 atom stereocenters. The van der Waals surface area contributed by atoms with E-state index in [1.807, 2.05) is 10.6 Å². The molecule has 2 aromatic carbocycles. The van der Waals surface area contributed by atoms with Crippen molar-refractivity contribution < 1.29 is 13.9 Å². The lowest BCUT2D eigenvalue weighted by molar-refractivity contribution is 0.277. The summed E-state index contributed by atoms with van der Waals surface area (Å²) >= 11 is 1.47. The Balaban J connectivity index is 1.76. The molecule has 0 amide bonds. The molecule has 0 aliphatic rings. The number of aliphatic hydroxyl groups is 1. The van der Waals surface area contributed by atoms with Crippen molar-refractivity contribution in [2.75, 3.05) is 0 Å². The zero-order valence-corrected chi connectivity index (χ0v) is 13.6. The Hall–Kier alpha value is -2.18. The van der Waals surface area contributed by atoms with Crippen LogP contribution in [0.4, 0.5) is 8.78 Å². The lowest BCUT2D eigenvalue weighted by atomic mass is 10.2. The molecule has 0 saturated heterocycles. The maximum Gasteiger partial charge on any atom is 0.168 e. The molecule has 0 aliphatic carbocycles. The van der Waals surface area contributed by atoms with Crippen LogP contribution in [0.5, 0.6) is 0 Å². The monoisotopic (exact) mass is 346 g/mol. The van der Waals surface area contributed by atoms with Crippen molar-refractivity contribution in [1.29, 1.82) is 0 Å². The fourth-order valence-electron chi connectivity index (χ4n) is 2.32. The van der Waals surface area contributed by atoms with Crippen LogP contribution in [0.15, 0.2) is 59.9 Å². The molecule has 3 aromatic rings. The number of aliphatic hydroxyl groups excluding tert-OH is 1. The van der Waals surface area contributed by atoms with Crippen LogP contribution in [0.1, 0.15) is 16.8 Å². The van der Waals surface area contributed by atoms with E-state index < -0.39 is 0 Å². The molecule has 0 saturated carbocycles. The van der Waals surface area contributed by atoms with Gasteiger partial charge in [-0.25, -0.2) is 13.8 Å². The number of thioether (sulfide) groups is 1. The summed E-state index contributed by atoms with van der Waals surface area (Å²) in [7, 11) is 0. The first-order valence-corrected chi connectivity index (χ1v) is 8.41. The minimum atomic E-state index is -0.277. The molecule has 6 heteroatoms. The average Bonchev–Trinajstić information content (AvgIpc) is 2.97. The topological polar surface area (TPSA) is 38.0 Å². The molecule has 0 radical (unpaired) electrons. The molecule has 24 heavy (non-hydrogen) atoms. The first-order chi connectivity index (χ1) is 11.6. The van der Waals surface area contributed by atoms with Crippen molar-refractivity contribution in [3.05, 3.63) is 83.2 Å². The minimum absolute atomic E-state index is 0.149. The lowest BCUT2D eigenvalue weighted by Gasteiger charge is -2.08. The normalized spacial score (nSPS) is 11.0. The second-order valence-electron chi connectivity index (χ2n) is 5.35. The van der Waals surface area contributed by atoms with Gasteiger partial charge in [-0.2, -0.15) is 0 Å². The number of benzene rings is 2. The smallest absolute Gasteiger partial charge is 0.168 e. The Morgan fingerprint density at radius 3 is 2.50 bits per heavy atom. The van der Waals surface area contributed by atoms with E-state index >= 15 is 0 Å². The number of imidazole rings is 1. The standard InChI is InChI=1S/C18H16F2N2OS/c19-15-6-4-13(5-7-15)9-22-10-17(11-23)21-18(22)24-12-14-2-1-3-16(20)8-14/h1-8,10,23H,9,11-12H2. The van der Waals surface area contributed by atoms with E-state index in [4.69, 9.17) is 0 Å². The van der Waals surface area contributed by atoms with Crippen LogP contribution in [0.3, 0.4) is 0 Å². The van der Waals surface area contributed by atoms with Crippen molar-refractivity contribution in [3.63, 3.8) is 0 Å². The molecule has 1 heterocycles. The van der Waals surface area contributed by atoms with Gasteiger partial charge in [0.05, 0.1) is 12.3 Å². The van der Waals surface area contributed by atoms with E-state index in [0.717, 1.165) is 16.3 Å². The first kappa shape index (κ1) is 16.7. The fourth-order valence-corrected chi connectivity index (χ4v) is 3.26. The summed E-state index contributed by atoms with van der Waals surface area (Å²) in [6.45, 7) is 0.378. The molecule has 0 unspecified atom stereocenters. The van der Waals surface area contributed by atoms with Gasteiger partial charge in [-0.1, -0.05) is 36.0 Å². The summed E-state index contributed by atoms with van der Waals surface area (Å²) in [5.74, 6) is 0.0308. The third-order valence-corrected chi connectivity index (χ3v) is 4.54. The number of halogens is 2. The van der Waals surface area contributed by atoms with Crippen molar-refractivity contribution in [2.45, 2.75) is 24.1 Å². The van der Waals surface area contributed by atoms with E-state index in [1.165, 1.54) is 36.0 Å². The Labute approximate surface area is 143 Å². The SMILES string of the molecule is OCc1cn(Cc2ccc(F)cc2)c(SCc2cccc(F)c2)n1. The molecule has 3 rings (SSSR count). The van der Waals surface area contributed by atoms with E-state index in [2.05, 4.69) is 4.98 Å². The fraction of sp³-hybridized carbons (Fsp3) is 0.167. The van der Waals surface area contributed by atoms with Crippen molar-refractivity contribution in [3.8, 4) is 0 Å². The molecule has 1 N–H and O–H groups in total. The van der Waals surface area contributed by atoms with Gasteiger partial charge in [-0.05, 0) is 35.4 Å². The molecule has 3 nitrogen and oxygen atoms in total. The molecule has 0 spiro atoms. The van der Waals surface area contributed by atoms with Gasteiger partial charge in [0, 0.05) is 18.5 Å². The Kier molecular flexibility index (Phi) is 5.27. The van der Waals surface area contributed by atoms with Gasteiger partial charge in [0.2, 0.25) is 0 Å². The van der Waals surface area contributed by atoms with Crippen molar-refractivity contribution >= 4 is 11.8 Å². The van der Waals surface area contributed by atoms with Gasteiger partial charge in [-0.3, -0.25) is 0 Å². The average molecular weight is 346 g/mol. The van der Waals surface area contributed by atoms with Gasteiger partial charge < -0.3 is 9.67 Å². The second kappa shape index (κ2) is 7.59. The summed E-state index contributed by atoms with van der Waals surface area (Å²) in [6, 6.07) is 12.7. The quantitative estimate of drug-likeness (QED) is 0.686. The zero-order chi connectivity index (χ0) is 16.9. The Bertz CT molecular complexity index is 818. The summed E-state index contributed by atoms with van der Waals surface area (Å²) in [5.41, 5.74) is 2.37. The van der Waals surface area contributed by atoms with E-state index in [1.54, 1.807) is 24.4 Å². The number of rotatable bonds is 6. The van der Waals surface area contributed by atoms with Crippen LogP contribution in [-0.4, -0.2) is 14.7 Å². The predicted molar refractivity (Wildman–Crippen MR) is 89.6 cm³/mol. The highest BCUT2D eigenvalue weighted by atomic mass is 32.2. The third-order valence-electron chi connectivity index (χ3n) is 3.47. The second-order valence-corrected chi connectivity index (χ2v) is 6.29. The molecular weight excluding hydrogens is 330 g/mol. The summed E-state index contributed by atoms with van der Waals surface area (Å²) in [6.07, 6.45) is 1.78. The summed E-state index contributed by atoms with van der Waals surface area (Å²) < 4.78 is 28.2. The maximum atomic E-state index is 13.3. The molecule has 0 aliphatic heterocycles. The highest BCUT2D eigenvalue weighted by molar-refractivity contribution is 7.98. The van der Waals surface area contributed by atoms with Crippen LogP contribution in [-0.2, 0) is 18.9 Å². The van der Waals surface area contributed by atoms with Gasteiger partial charge in [-0.15, -0.1) is 0 Å². The number of aromatic nitrogens is 2. The molecular formula is C18H16F2N2OS. The molecule has 1 aromatic heterocycles.